The molecule has 1 aromatic heterocycles. The van der Waals surface area contributed by atoms with E-state index in [4.69, 9.17) is 0 Å². The van der Waals surface area contributed by atoms with Gasteiger partial charge in [-0.15, -0.1) is 0 Å². The van der Waals surface area contributed by atoms with Gasteiger partial charge in [0.05, 0.1) is 12.1 Å². The molecule has 2 rings (SSSR count). The van der Waals surface area contributed by atoms with Crippen LogP contribution in [0, 0.1) is 27.7 Å². The molecule has 140 valence electrons. The zero-order chi connectivity index (χ0) is 19.6. The van der Waals surface area contributed by atoms with E-state index in [9.17, 15) is 9.59 Å². The summed E-state index contributed by atoms with van der Waals surface area (Å²) in [5.74, 6) is -0.336. The molecule has 0 unspecified atom stereocenters. The van der Waals surface area contributed by atoms with E-state index in [1.807, 2.05) is 52.0 Å². The summed E-state index contributed by atoms with van der Waals surface area (Å²) < 4.78 is 2.14. The maximum absolute atomic E-state index is 12.8. The summed E-state index contributed by atoms with van der Waals surface area (Å²) in [6.07, 6.45) is 0. The standard InChI is InChI=1S/C21H29N3O2/c1-13(2)24-16(5)11-18(17(24)6)21(26)23(7)12-19(25)22-20-14(3)9-8-10-15(20)4/h8-11,13H,12H2,1-7H3,(H,22,25). The van der Waals surface area contributed by atoms with E-state index in [1.54, 1.807) is 7.05 Å². The van der Waals surface area contributed by atoms with Gasteiger partial charge in [-0.2, -0.15) is 0 Å². The minimum absolute atomic E-state index is 0.0119. The van der Waals surface area contributed by atoms with E-state index in [-0.39, 0.29) is 24.4 Å². The molecule has 2 amide bonds. The largest absolute Gasteiger partial charge is 0.346 e. The van der Waals surface area contributed by atoms with Crippen molar-refractivity contribution in [2.45, 2.75) is 47.6 Å². The Balaban J connectivity index is 2.12. The van der Waals surface area contributed by atoms with Gasteiger partial charge in [0.2, 0.25) is 5.91 Å². The van der Waals surface area contributed by atoms with E-state index >= 15 is 0 Å². The highest BCUT2D eigenvalue weighted by molar-refractivity contribution is 6.00. The maximum atomic E-state index is 12.8. The fourth-order valence-electron chi connectivity index (χ4n) is 3.47. The predicted octanol–water partition coefficient (Wildman–Crippen LogP) is 4.01. The number of hydrogen-bond acceptors (Lipinski definition) is 2. The molecule has 0 fully saturated rings. The molecule has 0 saturated carbocycles. The third-order valence-electron chi connectivity index (χ3n) is 4.70. The number of para-hydroxylation sites is 1. The van der Waals surface area contributed by atoms with Crippen LogP contribution in [0.3, 0.4) is 0 Å². The number of aryl methyl sites for hydroxylation is 3. The van der Waals surface area contributed by atoms with E-state index in [1.165, 1.54) is 4.90 Å². The number of benzene rings is 1. The maximum Gasteiger partial charge on any atom is 0.255 e. The summed E-state index contributed by atoms with van der Waals surface area (Å²) in [5, 5.41) is 2.93. The molecule has 0 saturated heterocycles. The van der Waals surface area contributed by atoms with Crippen LogP contribution in [0.2, 0.25) is 0 Å². The average Bonchev–Trinajstić information content (AvgIpc) is 2.85. The molecule has 0 aliphatic rings. The molecule has 26 heavy (non-hydrogen) atoms. The number of carbonyl (C=O) groups is 2. The number of amides is 2. The summed E-state index contributed by atoms with van der Waals surface area (Å²) >= 11 is 0. The second kappa shape index (κ2) is 7.77. The third-order valence-corrected chi connectivity index (χ3v) is 4.70. The first-order valence-electron chi connectivity index (χ1n) is 8.93. The van der Waals surface area contributed by atoms with Crippen LogP contribution in [0.1, 0.15) is 52.8 Å². The zero-order valence-electron chi connectivity index (χ0n) is 16.8. The van der Waals surface area contributed by atoms with Crippen LogP contribution >= 0.6 is 0 Å². The summed E-state index contributed by atoms with van der Waals surface area (Å²) in [6.45, 7) is 12.1. The Bertz CT molecular complexity index is 814. The van der Waals surface area contributed by atoms with Gasteiger partial charge in [-0.25, -0.2) is 0 Å². The molecule has 2 aromatic rings. The number of aromatic nitrogens is 1. The van der Waals surface area contributed by atoms with Crippen LogP contribution in [-0.2, 0) is 4.79 Å². The lowest BCUT2D eigenvalue weighted by atomic mass is 10.1. The Morgan fingerprint density at radius 1 is 1.12 bits per heavy atom. The first-order chi connectivity index (χ1) is 12.1. The number of anilines is 1. The van der Waals surface area contributed by atoms with Crippen molar-refractivity contribution in [1.82, 2.24) is 9.47 Å². The van der Waals surface area contributed by atoms with Gasteiger partial charge in [0.1, 0.15) is 0 Å². The van der Waals surface area contributed by atoms with Crippen molar-refractivity contribution in [3.05, 3.63) is 52.3 Å². The predicted molar refractivity (Wildman–Crippen MR) is 106 cm³/mol. The second-order valence-electron chi connectivity index (χ2n) is 7.22. The van der Waals surface area contributed by atoms with Gasteiger partial charge in [0, 0.05) is 30.2 Å². The summed E-state index contributed by atoms with van der Waals surface area (Å²) in [5.41, 5.74) is 5.47. The molecule has 1 heterocycles. The van der Waals surface area contributed by atoms with Gasteiger partial charge < -0.3 is 14.8 Å². The quantitative estimate of drug-likeness (QED) is 0.881. The minimum atomic E-state index is -0.198. The monoisotopic (exact) mass is 355 g/mol. The van der Waals surface area contributed by atoms with Crippen molar-refractivity contribution in [1.29, 1.82) is 0 Å². The van der Waals surface area contributed by atoms with Gasteiger partial charge in [0.15, 0.2) is 0 Å². The first kappa shape index (κ1) is 19.8. The molecule has 5 heteroatoms. The van der Waals surface area contributed by atoms with Crippen molar-refractivity contribution >= 4 is 17.5 Å². The number of likely N-dealkylation sites (N-methyl/N-ethyl adjacent to an activating group) is 1. The molecular formula is C21H29N3O2. The van der Waals surface area contributed by atoms with Crippen LogP contribution in [0.4, 0.5) is 5.69 Å². The molecule has 5 nitrogen and oxygen atoms in total. The van der Waals surface area contributed by atoms with E-state index < -0.39 is 0 Å². The van der Waals surface area contributed by atoms with Crippen molar-refractivity contribution in [2.75, 3.05) is 18.9 Å². The SMILES string of the molecule is Cc1cccc(C)c1NC(=O)CN(C)C(=O)c1cc(C)n(C(C)C)c1C. The van der Waals surface area contributed by atoms with E-state index in [0.29, 0.717) is 5.56 Å². The molecule has 0 bridgehead atoms. The van der Waals surface area contributed by atoms with Crippen molar-refractivity contribution in [2.24, 2.45) is 0 Å². The molecular weight excluding hydrogens is 326 g/mol. The van der Waals surface area contributed by atoms with E-state index in [0.717, 1.165) is 28.2 Å². The number of hydrogen-bond donors (Lipinski definition) is 1. The van der Waals surface area contributed by atoms with E-state index in [2.05, 4.69) is 23.7 Å². The summed E-state index contributed by atoms with van der Waals surface area (Å²) in [7, 11) is 1.66. The Hall–Kier alpha value is -2.56. The Morgan fingerprint density at radius 3 is 2.19 bits per heavy atom. The van der Waals surface area contributed by atoms with Gasteiger partial charge in [-0.05, 0) is 58.7 Å². The lowest BCUT2D eigenvalue weighted by molar-refractivity contribution is -0.116. The van der Waals surface area contributed by atoms with Crippen molar-refractivity contribution in [3.63, 3.8) is 0 Å². The van der Waals surface area contributed by atoms with Crippen molar-refractivity contribution in [3.8, 4) is 0 Å². The van der Waals surface area contributed by atoms with Gasteiger partial charge in [-0.3, -0.25) is 9.59 Å². The normalized spacial score (nSPS) is 10.9. The summed E-state index contributed by atoms with van der Waals surface area (Å²) in [4.78, 5) is 26.7. The highest BCUT2D eigenvalue weighted by atomic mass is 16.2. The molecule has 0 spiro atoms. The van der Waals surface area contributed by atoms with Crippen LogP contribution in [0.15, 0.2) is 24.3 Å². The number of nitrogens with one attached hydrogen (secondary N) is 1. The number of carbonyl (C=O) groups excluding carboxylic acids is 2. The van der Waals surface area contributed by atoms with Crippen molar-refractivity contribution < 1.29 is 9.59 Å². The highest BCUT2D eigenvalue weighted by Crippen LogP contribution is 2.22. The number of nitrogens with zero attached hydrogens (tertiary/aromatic N) is 2. The smallest absolute Gasteiger partial charge is 0.255 e. The lowest BCUT2D eigenvalue weighted by Crippen LogP contribution is -2.35. The average molecular weight is 355 g/mol. The van der Waals surface area contributed by atoms with Crippen LogP contribution in [0.25, 0.3) is 0 Å². The van der Waals surface area contributed by atoms with Crippen LogP contribution in [0.5, 0.6) is 0 Å². The second-order valence-corrected chi connectivity index (χ2v) is 7.22. The topological polar surface area (TPSA) is 54.3 Å². The fourth-order valence-corrected chi connectivity index (χ4v) is 3.47. The fraction of sp³-hybridized carbons (Fsp3) is 0.429. The number of rotatable bonds is 5. The Kier molecular flexibility index (Phi) is 5.90. The minimum Gasteiger partial charge on any atom is -0.346 e. The third kappa shape index (κ3) is 3.98. The molecule has 1 aromatic carbocycles. The van der Waals surface area contributed by atoms with Crippen LogP contribution in [-0.4, -0.2) is 34.9 Å². The molecule has 0 radical (unpaired) electrons. The molecule has 0 aliphatic heterocycles. The lowest BCUT2D eigenvalue weighted by Gasteiger charge is -2.19. The first-order valence-corrected chi connectivity index (χ1v) is 8.93. The van der Waals surface area contributed by atoms with Crippen LogP contribution < -0.4 is 5.32 Å². The van der Waals surface area contributed by atoms with Gasteiger partial charge in [-0.1, -0.05) is 18.2 Å². The zero-order valence-corrected chi connectivity index (χ0v) is 16.8. The molecule has 0 aliphatic carbocycles. The Morgan fingerprint density at radius 2 is 1.69 bits per heavy atom. The Labute approximate surface area is 156 Å². The highest BCUT2D eigenvalue weighted by Gasteiger charge is 2.21. The summed E-state index contributed by atoms with van der Waals surface area (Å²) in [6, 6.07) is 8.06. The molecule has 1 N–H and O–H groups in total. The van der Waals surface area contributed by atoms with Gasteiger partial charge in [0.25, 0.3) is 5.91 Å². The molecule has 0 atom stereocenters. The van der Waals surface area contributed by atoms with Gasteiger partial charge >= 0.3 is 0 Å².